The molecule has 0 aromatic heterocycles. The Labute approximate surface area is 106 Å². The monoisotopic (exact) mass is 247 g/mol. The lowest BCUT2D eigenvalue weighted by molar-refractivity contribution is 0.0950. The van der Waals surface area contributed by atoms with Gasteiger partial charge in [0.05, 0.1) is 13.2 Å². The zero-order chi connectivity index (χ0) is 12.5. The molecule has 1 N–H and O–H groups in total. The van der Waals surface area contributed by atoms with E-state index in [1.54, 1.807) is 6.07 Å². The number of fused-ring (bicyclic) bond motifs is 1. The van der Waals surface area contributed by atoms with E-state index in [1.807, 2.05) is 13.0 Å². The van der Waals surface area contributed by atoms with Gasteiger partial charge in [-0.25, -0.2) is 0 Å². The summed E-state index contributed by atoms with van der Waals surface area (Å²) in [5.41, 5.74) is 1.61. The number of benzene rings is 1. The lowest BCUT2D eigenvalue weighted by Crippen LogP contribution is -2.26. The highest BCUT2D eigenvalue weighted by Crippen LogP contribution is 2.33. The van der Waals surface area contributed by atoms with Crippen molar-refractivity contribution in [2.45, 2.75) is 32.2 Å². The number of nitrogens with one attached hydrogen (secondary N) is 1. The lowest BCUT2D eigenvalue weighted by atomic mass is 10.1. The van der Waals surface area contributed by atoms with Crippen molar-refractivity contribution in [3.63, 3.8) is 0 Å². The molecule has 1 heterocycles. The van der Waals surface area contributed by atoms with Crippen molar-refractivity contribution < 1.29 is 14.3 Å². The van der Waals surface area contributed by atoms with Crippen LogP contribution < -0.4 is 14.8 Å². The molecule has 0 atom stereocenters. The Bertz CT molecular complexity index is 480. The average Bonchev–Trinajstić information content (AvgIpc) is 3.14. The smallest absolute Gasteiger partial charge is 0.251 e. The molecular weight excluding hydrogens is 230 g/mol. The first-order valence-corrected chi connectivity index (χ1v) is 6.45. The number of aryl methyl sites for hydroxylation is 1. The van der Waals surface area contributed by atoms with E-state index in [9.17, 15) is 4.79 Å². The van der Waals surface area contributed by atoms with Gasteiger partial charge in [0.25, 0.3) is 5.91 Å². The maximum absolute atomic E-state index is 12.1. The third-order valence-electron chi connectivity index (χ3n) is 3.25. The van der Waals surface area contributed by atoms with Crippen LogP contribution in [0.4, 0.5) is 0 Å². The molecule has 4 nitrogen and oxygen atoms in total. The van der Waals surface area contributed by atoms with Crippen LogP contribution in [-0.2, 0) is 0 Å². The third kappa shape index (κ3) is 2.28. The minimum Gasteiger partial charge on any atom is -0.490 e. The predicted molar refractivity (Wildman–Crippen MR) is 67.3 cm³/mol. The van der Waals surface area contributed by atoms with Gasteiger partial charge in [-0.15, -0.1) is 0 Å². The van der Waals surface area contributed by atoms with Crippen molar-refractivity contribution >= 4 is 5.91 Å². The Morgan fingerprint density at radius 2 is 1.89 bits per heavy atom. The standard InChI is InChI=1S/C14H17NO3/c1-9-7-12-13(18-6-2-5-17-12)8-11(9)14(16)15-10-3-4-10/h7-8,10H,2-6H2,1H3,(H,15,16). The fraction of sp³-hybridized carbons (Fsp3) is 0.500. The summed E-state index contributed by atoms with van der Waals surface area (Å²) in [6, 6.07) is 4.06. The number of hydrogen-bond donors (Lipinski definition) is 1. The minimum absolute atomic E-state index is 0.00866. The minimum atomic E-state index is -0.00866. The largest absolute Gasteiger partial charge is 0.490 e. The van der Waals surface area contributed by atoms with Crippen molar-refractivity contribution in [2.24, 2.45) is 0 Å². The summed E-state index contributed by atoms with van der Waals surface area (Å²) in [5.74, 6) is 1.41. The van der Waals surface area contributed by atoms with Crippen LogP contribution in [0.1, 0.15) is 35.2 Å². The second-order valence-corrected chi connectivity index (χ2v) is 4.91. The Morgan fingerprint density at radius 1 is 1.22 bits per heavy atom. The van der Waals surface area contributed by atoms with Crippen LogP contribution >= 0.6 is 0 Å². The van der Waals surface area contributed by atoms with Gasteiger partial charge in [0, 0.05) is 18.0 Å². The van der Waals surface area contributed by atoms with Crippen LogP contribution in [-0.4, -0.2) is 25.2 Å². The van der Waals surface area contributed by atoms with Crippen LogP contribution in [0.3, 0.4) is 0 Å². The number of hydrogen-bond acceptors (Lipinski definition) is 3. The van der Waals surface area contributed by atoms with Gasteiger partial charge in [0.1, 0.15) is 0 Å². The van der Waals surface area contributed by atoms with Gasteiger partial charge >= 0.3 is 0 Å². The van der Waals surface area contributed by atoms with Crippen molar-refractivity contribution in [2.75, 3.05) is 13.2 Å². The molecule has 0 saturated heterocycles. The molecule has 1 aromatic rings. The fourth-order valence-corrected chi connectivity index (χ4v) is 2.05. The van der Waals surface area contributed by atoms with E-state index in [1.165, 1.54) is 0 Å². The van der Waals surface area contributed by atoms with Gasteiger partial charge in [-0.2, -0.15) is 0 Å². The van der Waals surface area contributed by atoms with E-state index in [4.69, 9.17) is 9.47 Å². The zero-order valence-corrected chi connectivity index (χ0v) is 10.5. The second kappa shape index (κ2) is 4.52. The molecule has 0 spiro atoms. The van der Waals surface area contributed by atoms with E-state index in [-0.39, 0.29) is 5.91 Å². The molecule has 1 aliphatic heterocycles. The molecule has 0 unspecified atom stereocenters. The van der Waals surface area contributed by atoms with Gasteiger partial charge in [0.2, 0.25) is 0 Å². The Morgan fingerprint density at radius 3 is 2.56 bits per heavy atom. The van der Waals surface area contributed by atoms with Gasteiger partial charge in [-0.05, 0) is 37.5 Å². The highest BCUT2D eigenvalue weighted by molar-refractivity contribution is 5.96. The predicted octanol–water partition coefficient (Wildman–Crippen LogP) is 2.05. The quantitative estimate of drug-likeness (QED) is 0.870. The third-order valence-corrected chi connectivity index (χ3v) is 3.25. The maximum atomic E-state index is 12.1. The molecule has 1 amide bonds. The number of carbonyl (C=O) groups excluding carboxylic acids is 1. The molecule has 1 aliphatic carbocycles. The van der Waals surface area contributed by atoms with Crippen molar-refractivity contribution in [1.82, 2.24) is 5.32 Å². The molecule has 0 bridgehead atoms. The van der Waals surface area contributed by atoms with Crippen LogP contribution in [0.2, 0.25) is 0 Å². The number of ether oxygens (including phenoxy) is 2. The molecule has 3 rings (SSSR count). The SMILES string of the molecule is Cc1cc2c(cc1C(=O)NC1CC1)OCCCO2. The first-order valence-electron chi connectivity index (χ1n) is 6.45. The summed E-state index contributed by atoms with van der Waals surface area (Å²) < 4.78 is 11.2. The molecule has 1 aromatic carbocycles. The lowest BCUT2D eigenvalue weighted by Gasteiger charge is -2.12. The average molecular weight is 247 g/mol. The van der Waals surface area contributed by atoms with Gasteiger partial charge in [-0.1, -0.05) is 0 Å². The number of carbonyl (C=O) groups is 1. The summed E-state index contributed by atoms with van der Waals surface area (Å²) in [5, 5.41) is 3.00. The van der Waals surface area contributed by atoms with E-state index in [2.05, 4.69) is 5.32 Å². The van der Waals surface area contributed by atoms with Crippen LogP contribution in [0.25, 0.3) is 0 Å². The number of amides is 1. The second-order valence-electron chi connectivity index (χ2n) is 4.91. The van der Waals surface area contributed by atoms with Crippen LogP contribution in [0.15, 0.2) is 12.1 Å². The van der Waals surface area contributed by atoms with E-state index < -0.39 is 0 Å². The van der Waals surface area contributed by atoms with Gasteiger partial charge in [0.15, 0.2) is 11.5 Å². The van der Waals surface area contributed by atoms with E-state index in [0.717, 1.165) is 30.6 Å². The van der Waals surface area contributed by atoms with Gasteiger partial charge < -0.3 is 14.8 Å². The van der Waals surface area contributed by atoms with Crippen molar-refractivity contribution in [3.05, 3.63) is 23.3 Å². The highest BCUT2D eigenvalue weighted by atomic mass is 16.5. The summed E-state index contributed by atoms with van der Waals surface area (Å²) >= 11 is 0. The first-order chi connectivity index (χ1) is 8.74. The molecule has 4 heteroatoms. The molecule has 18 heavy (non-hydrogen) atoms. The van der Waals surface area contributed by atoms with Crippen LogP contribution in [0, 0.1) is 6.92 Å². The maximum Gasteiger partial charge on any atom is 0.251 e. The van der Waals surface area contributed by atoms with Crippen LogP contribution in [0.5, 0.6) is 11.5 Å². The molecule has 1 saturated carbocycles. The summed E-state index contributed by atoms with van der Waals surface area (Å²) in [7, 11) is 0. The first kappa shape index (κ1) is 11.4. The molecule has 0 radical (unpaired) electrons. The topological polar surface area (TPSA) is 47.6 Å². The highest BCUT2D eigenvalue weighted by Gasteiger charge is 2.25. The molecular formula is C14H17NO3. The fourth-order valence-electron chi connectivity index (χ4n) is 2.05. The molecule has 96 valence electrons. The zero-order valence-electron chi connectivity index (χ0n) is 10.5. The van der Waals surface area contributed by atoms with Crippen molar-refractivity contribution in [3.8, 4) is 11.5 Å². The molecule has 2 aliphatic rings. The Balaban J connectivity index is 1.89. The normalized spacial score (nSPS) is 18.1. The number of rotatable bonds is 2. The summed E-state index contributed by atoms with van der Waals surface area (Å²) in [4.78, 5) is 12.1. The summed E-state index contributed by atoms with van der Waals surface area (Å²) in [6.07, 6.45) is 3.06. The summed E-state index contributed by atoms with van der Waals surface area (Å²) in [6.45, 7) is 3.23. The van der Waals surface area contributed by atoms with E-state index >= 15 is 0 Å². The Hall–Kier alpha value is -1.71. The van der Waals surface area contributed by atoms with Crippen molar-refractivity contribution in [1.29, 1.82) is 0 Å². The van der Waals surface area contributed by atoms with E-state index in [0.29, 0.717) is 30.6 Å². The molecule has 1 fully saturated rings. The van der Waals surface area contributed by atoms with Gasteiger partial charge in [-0.3, -0.25) is 4.79 Å². The Kier molecular flexibility index (Phi) is 2.86.